The van der Waals surface area contributed by atoms with Crippen LogP contribution in [0, 0.1) is 0 Å². The third kappa shape index (κ3) is 5.27. The molecule has 0 unspecified atom stereocenters. The summed E-state index contributed by atoms with van der Waals surface area (Å²) in [6, 6.07) is 6.30. The Hall–Kier alpha value is -2.04. The van der Waals surface area contributed by atoms with Gasteiger partial charge in [-0.25, -0.2) is 0 Å². The first-order chi connectivity index (χ1) is 13.4. The third-order valence-corrected chi connectivity index (χ3v) is 6.04. The van der Waals surface area contributed by atoms with Gasteiger partial charge in [-0.2, -0.15) is 0 Å². The van der Waals surface area contributed by atoms with Gasteiger partial charge >= 0.3 is 0 Å². The third-order valence-electron chi connectivity index (χ3n) is 3.87. The summed E-state index contributed by atoms with van der Waals surface area (Å²) >= 11 is 8.66. The number of amidine groups is 1. The highest BCUT2D eigenvalue weighted by molar-refractivity contribution is 8.14. The number of hydrogen-bond donors (Lipinski definition) is 2. The molecule has 0 aliphatic carbocycles. The van der Waals surface area contributed by atoms with Crippen LogP contribution in [-0.2, 0) is 11.8 Å². The van der Waals surface area contributed by atoms with Crippen molar-refractivity contribution in [3.8, 4) is 0 Å². The number of thioether (sulfide) groups is 2. The van der Waals surface area contributed by atoms with Gasteiger partial charge in [0.05, 0.1) is 18.3 Å². The molecule has 2 amide bonds. The van der Waals surface area contributed by atoms with E-state index in [0.717, 1.165) is 12.3 Å². The number of halogens is 1. The summed E-state index contributed by atoms with van der Waals surface area (Å²) in [6.07, 6.45) is 0. The van der Waals surface area contributed by atoms with Crippen LogP contribution in [0.4, 0.5) is 0 Å². The van der Waals surface area contributed by atoms with Crippen molar-refractivity contribution in [2.24, 2.45) is 12.0 Å². The number of rotatable bonds is 6. The molecular weight excluding hydrogens is 420 g/mol. The van der Waals surface area contributed by atoms with Crippen molar-refractivity contribution < 1.29 is 9.59 Å². The topological polar surface area (TPSA) is 101 Å². The van der Waals surface area contributed by atoms with Crippen LogP contribution in [0.25, 0.3) is 0 Å². The minimum Gasteiger partial charge on any atom is -0.342 e. The Bertz CT molecular complexity index is 900. The van der Waals surface area contributed by atoms with E-state index in [1.165, 1.54) is 23.5 Å². The quantitative estimate of drug-likeness (QED) is 0.671. The van der Waals surface area contributed by atoms with E-state index in [2.05, 4.69) is 25.8 Å². The number of benzene rings is 1. The molecule has 2 heterocycles. The van der Waals surface area contributed by atoms with E-state index < -0.39 is 0 Å². The van der Waals surface area contributed by atoms with Crippen molar-refractivity contribution in [1.82, 2.24) is 25.4 Å². The van der Waals surface area contributed by atoms with Crippen LogP contribution >= 0.6 is 35.1 Å². The molecule has 1 aliphatic heterocycles. The minimum atomic E-state index is -0.354. The van der Waals surface area contributed by atoms with Crippen LogP contribution in [0.15, 0.2) is 34.4 Å². The Morgan fingerprint density at radius 2 is 2.07 bits per heavy atom. The lowest BCUT2D eigenvalue weighted by atomic mass is 10.2. The Morgan fingerprint density at radius 3 is 2.75 bits per heavy atom. The molecule has 1 atom stereocenters. The van der Waals surface area contributed by atoms with Crippen LogP contribution in [-0.4, -0.2) is 49.8 Å². The summed E-state index contributed by atoms with van der Waals surface area (Å²) in [4.78, 5) is 28.5. The summed E-state index contributed by atoms with van der Waals surface area (Å²) in [5.41, 5.74) is 0.511. The molecular formula is C17H19ClN6O2S2. The second-order valence-electron chi connectivity index (χ2n) is 5.97. The molecule has 3 rings (SSSR count). The van der Waals surface area contributed by atoms with Gasteiger partial charge in [0.1, 0.15) is 0 Å². The number of hydrogen-bond acceptors (Lipinski definition) is 7. The van der Waals surface area contributed by atoms with E-state index >= 15 is 0 Å². The number of carbonyl (C=O) groups is 2. The van der Waals surface area contributed by atoms with Crippen molar-refractivity contribution in [1.29, 1.82) is 0 Å². The van der Waals surface area contributed by atoms with Gasteiger partial charge in [0.15, 0.2) is 16.1 Å². The van der Waals surface area contributed by atoms with E-state index in [4.69, 9.17) is 11.6 Å². The molecule has 0 saturated carbocycles. The highest BCUT2D eigenvalue weighted by Gasteiger charge is 2.19. The van der Waals surface area contributed by atoms with E-state index in [1.54, 1.807) is 35.9 Å². The summed E-state index contributed by atoms with van der Waals surface area (Å²) in [7, 11) is 1.80. The van der Waals surface area contributed by atoms with Crippen LogP contribution in [0.5, 0.6) is 0 Å². The summed E-state index contributed by atoms with van der Waals surface area (Å²) in [6.45, 7) is 2.56. The van der Waals surface area contributed by atoms with Crippen LogP contribution < -0.4 is 10.6 Å². The Morgan fingerprint density at radius 1 is 1.32 bits per heavy atom. The van der Waals surface area contributed by atoms with E-state index in [1.807, 2.05) is 6.92 Å². The molecule has 2 N–H and O–H groups in total. The Balaban J connectivity index is 1.56. The highest BCUT2D eigenvalue weighted by atomic mass is 35.5. The standard InChI is InChI=1S/C17H19ClN6O2S2/c1-10(20-15(26)11-3-5-12(18)6-4-11)14-22-23-17(24(14)2)28-9-13(25)21-16-19-7-8-27-16/h3-6,10H,7-9H2,1-2H3,(H,20,26)(H,19,21,25)/t10-/m0/s1. The van der Waals surface area contributed by atoms with Gasteiger partial charge in [-0.1, -0.05) is 35.1 Å². The zero-order chi connectivity index (χ0) is 20.1. The summed E-state index contributed by atoms with van der Waals surface area (Å²) in [5, 5.41) is 15.8. The van der Waals surface area contributed by atoms with Crippen molar-refractivity contribution in [3.63, 3.8) is 0 Å². The highest BCUT2D eigenvalue weighted by Crippen LogP contribution is 2.20. The van der Waals surface area contributed by atoms with Crippen molar-refractivity contribution in [2.75, 3.05) is 18.1 Å². The number of carbonyl (C=O) groups excluding carboxylic acids is 2. The van der Waals surface area contributed by atoms with Gasteiger partial charge in [-0.3, -0.25) is 14.6 Å². The average molecular weight is 439 g/mol. The molecule has 0 radical (unpaired) electrons. The van der Waals surface area contributed by atoms with E-state index in [-0.39, 0.29) is 23.6 Å². The molecule has 1 aliphatic rings. The fraction of sp³-hybridized carbons (Fsp3) is 0.353. The number of aliphatic imine (C=N–C) groups is 1. The summed E-state index contributed by atoms with van der Waals surface area (Å²) in [5.74, 6) is 1.34. The first-order valence-corrected chi connectivity index (χ1v) is 10.8. The fourth-order valence-corrected chi connectivity index (χ4v) is 4.06. The summed E-state index contributed by atoms with van der Waals surface area (Å²) < 4.78 is 1.77. The lowest BCUT2D eigenvalue weighted by Crippen LogP contribution is -2.29. The largest absolute Gasteiger partial charge is 0.342 e. The van der Waals surface area contributed by atoms with Gasteiger partial charge < -0.3 is 15.2 Å². The van der Waals surface area contributed by atoms with Gasteiger partial charge in [0.25, 0.3) is 5.91 Å². The first kappa shape index (κ1) is 20.7. The molecule has 1 aromatic heterocycles. The maximum atomic E-state index is 12.4. The zero-order valence-corrected chi connectivity index (χ0v) is 17.7. The first-order valence-electron chi connectivity index (χ1n) is 8.49. The molecule has 11 heteroatoms. The minimum absolute atomic E-state index is 0.133. The molecule has 1 aromatic carbocycles. The van der Waals surface area contributed by atoms with Crippen LogP contribution in [0.2, 0.25) is 5.02 Å². The maximum absolute atomic E-state index is 12.4. The number of aromatic nitrogens is 3. The predicted molar refractivity (Wildman–Crippen MR) is 112 cm³/mol. The fourth-order valence-electron chi connectivity index (χ4n) is 2.47. The van der Waals surface area contributed by atoms with Crippen molar-refractivity contribution in [2.45, 2.75) is 18.1 Å². The second kappa shape index (κ2) is 9.44. The van der Waals surface area contributed by atoms with Crippen molar-refractivity contribution in [3.05, 3.63) is 40.7 Å². The van der Waals surface area contributed by atoms with E-state index in [9.17, 15) is 9.59 Å². The molecule has 28 heavy (non-hydrogen) atoms. The van der Waals surface area contributed by atoms with Gasteiger partial charge in [-0.05, 0) is 31.2 Å². The number of nitrogens with one attached hydrogen (secondary N) is 2. The molecule has 0 spiro atoms. The van der Waals surface area contributed by atoms with Gasteiger partial charge in [-0.15, -0.1) is 10.2 Å². The van der Waals surface area contributed by atoms with Crippen LogP contribution in [0.1, 0.15) is 29.1 Å². The van der Waals surface area contributed by atoms with Gasteiger partial charge in [0.2, 0.25) is 5.91 Å². The number of nitrogens with zero attached hydrogens (tertiary/aromatic N) is 4. The molecule has 0 bridgehead atoms. The molecule has 0 fully saturated rings. The Kier molecular flexibility index (Phi) is 6.97. The van der Waals surface area contributed by atoms with E-state index in [0.29, 0.717) is 26.7 Å². The second-order valence-corrected chi connectivity index (χ2v) is 8.44. The normalized spacial score (nSPS) is 14.5. The molecule has 8 nitrogen and oxygen atoms in total. The molecule has 0 saturated heterocycles. The molecule has 148 valence electrons. The predicted octanol–water partition coefficient (Wildman–Crippen LogP) is 2.27. The monoisotopic (exact) mass is 438 g/mol. The lowest BCUT2D eigenvalue weighted by Gasteiger charge is -2.13. The van der Waals surface area contributed by atoms with Crippen LogP contribution in [0.3, 0.4) is 0 Å². The van der Waals surface area contributed by atoms with Gasteiger partial charge in [0, 0.05) is 23.4 Å². The smallest absolute Gasteiger partial charge is 0.251 e. The SMILES string of the molecule is C[C@H](NC(=O)c1ccc(Cl)cc1)c1nnc(SCC(=O)NC2=NCCS2)n1C. The average Bonchev–Trinajstić information content (AvgIpc) is 3.30. The molecule has 2 aromatic rings. The number of amides is 2. The Labute approximate surface area is 175 Å². The maximum Gasteiger partial charge on any atom is 0.251 e. The zero-order valence-electron chi connectivity index (χ0n) is 15.3. The lowest BCUT2D eigenvalue weighted by molar-refractivity contribution is -0.117. The van der Waals surface area contributed by atoms with Crippen molar-refractivity contribution >= 4 is 52.1 Å².